The van der Waals surface area contributed by atoms with Gasteiger partial charge in [0.1, 0.15) is 0 Å². The lowest BCUT2D eigenvalue weighted by atomic mass is 9.80. The molecule has 0 aliphatic carbocycles. The van der Waals surface area contributed by atoms with Gasteiger partial charge in [0.2, 0.25) is 0 Å². The second kappa shape index (κ2) is 5.69. The van der Waals surface area contributed by atoms with Crippen LogP contribution in [0.25, 0.3) is 0 Å². The number of ether oxygens (including phenoxy) is 1. The van der Waals surface area contributed by atoms with Gasteiger partial charge in [-0.15, -0.1) is 0 Å². The highest BCUT2D eigenvalue weighted by atomic mass is 16.5. The van der Waals surface area contributed by atoms with Crippen LogP contribution in [0.3, 0.4) is 0 Å². The summed E-state index contributed by atoms with van der Waals surface area (Å²) in [5.41, 5.74) is 1.29. The Hall–Kier alpha value is -1.31. The molecule has 0 unspecified atom stereocenters. The maximum atomic E-state index is 11.3. The summed E-state index contributed by atoms with van der Waals surface area (Å²) in [5.74, 6) is -0.105. The van der Waals surface area contributed by atoms with Crippen molar-refractivity contribution in [2.75, 3.05) is 6.61 Å². The molecule has 2 heteroatoms. The summed E-state index contributed by atoms with van der Waals surface area (Å²) in [5, 5.41) is 0. The highest BCUT2D eigenvalue weighted by Gasteiger charge is 2.21. The third-order valence-corrected chi connectivity index (χ3v) is 2.81. The van der Waals surface area contributed by atoms with Gasteiger partial charge in [-0.25, -0.2) is 0 Å². The summed E-state index contributed by atoms with van der Waals surface area (Å²) in [7, 11) is 0. The lowest BCUT2D eigenvalue weighted by Gasteiger charge is -2.24. The van der Waals surface area contributed by atoms with E-state index < -0.39 is 0 Å². The number of benzene rings is 1. The SMILES string of the molecule is CCOC(=O)CCC(C)(C)c1ccccc1. The third kappa shape index (κ3) is 3.69. The fraction of sp³-hybridized carbons (Fsp3) is 0.500. The van der Waals surface area contributed by atoms with E-state index in [2.05, 4.69) is 26.0 Å². The maximum absolute atomic E-state index is 11.3. The average molecular weight is 220 g/mol. The van der Waals surface area contributed by atoms with E-state index in [-0.39, 0.29) is 11.4 Å². The largest absolute Gasteiger partial charge is 0.466 e. The van der Waals surface area contributed by atoms with Gasteiger partial charge in [-0.05, 0) is 24.3 Å². The zero-order valence-electron chi connectivity index (χ0n) is 10.3. The summed E-state index contributed by atoms with van der Waals surface area (Å²) >= 11 is 0. The first-order valence-electron chi connectivity index (χ1n) is 5.77. The molecule has 0 aliphatic rings. The van der Waals surface area contributed by atoms with Crippen LogP contribution in [0.2, 0.25) is 0 Å². The standard InChI is InChI=1S/C14H20O2/c1-4-16-13(15)10-11-14(2,3)12-8-6-5-7-9-12/h5-9H,4,10-11H2,1-3H3. The molecule has 0 aromatic heterocycles. The van der Waals surface area contributed by atoms with Crippen molar-refractivity contribution in [1.29, 1.82) is 0 Å². The molecule has 1 aromatic rings. The van der Waals surface area contributed by atoms with Crippen molar-refractivity contribution in [2.45, 2.75) is 39.0 Å². The molecule has 0 saturated heterocycles. The molecule has 1 rings (SSSR count). The Balaban J connectivity index is 2.55. The van der Waals surface area contributed by atoms with Crippen LogP contribution in [0, 0.1) is 0 Å². The Morgan fingerprint density at radius 3 is 2.44 bits per heavy atom. The zero-order valence-corrected chi connectivity index (χ0v) is 10.3. The van der Waals surface area contributed by atoms with Crippen molar-refractivity contribution in [3.05, 3.63) is 35.9 Å². The van der Waals surface area contributed by atoms with Crippen molar-refractivity contribution in [3.8, 4) is 0 Å². The third-order valence-electron chi connectivity index (χ3n) is 2.81. The molecule has 0 spiro atoms. The topological polar surface area (TPSA) is 26.3 Å². The Morgan fingerprint density at radius 1 is 1.25 bits per heavy atom. The first-order chi connectivity index (χ1) is 7.56. The Morgan fingerprint density at radius 2 is 1.88 bits per heavy atom. The van der Waals surface area contributed by atoms with E-state index in [1.165, 1.54) is 5.56 Å². The number of rotatable bonds is 5. The molecule has 0 saturated carbocycles. The van der Waals surface area contributed by atoms with Crippen molar-refractivity contribution in [1.82, 2.24) is 0 Å². The molecule has 0 aliphatic heterocycles. The van der Waals surface area contributed by atoms with Crippen LogP contribution >= 0.6 is 0 Å². The van der Waals surface area contributed by atoms with Crippen molar-refractivity contribution in [2.24, 2.45) is 0 Å². The van der Waals surface area contributed by atoms with E-state index in [9.17, 15) is 4.79 Å². The fourth-order valence-corrected chi connectivity index (χ4v) is 1.68. The van der Waals surface area contributed by atoms with Gasteiger partial charge in [-0.1, -0.05) is 44.2 Å². The summed E-state index contributed by atoms with van der Waals surface area (Å²) in [6.07, 6.45) is 1.30. The Kier molecular flexibility index (Phi) is 4.53. The van der Waals surface area contributed by atoms with Gasteiger partial charge < -0.3 is 4.74 Å². The molecule has 0 radical (unpaired) electrons. The second-order valence-electron chi connectivity index (χ2n) is 4.55. The van der Waals surface area contributed by atoms with Crippen molar-refractivity contribution >= 4 is 5.97 Å². The lowest BCUT2D eigenvalue weighted by Crippen LogP contribution is -2.19. The normalized spacial score (nSPS) is 11.2. The number of carbonyl (C=O) groups is 1. The molecule has 0 heterocycles. The van der Waals surface area contributed by atoms with Gasteiger partial charge >= 0.3 is 5.97 Å². The summed E-state index contributed by atoms with van der Waals surface area (Å²) in [6, 6.07) is 10.3. The van der Waals surface area contributed by atoms with Crippen LogP contribution < -0.4 is 0 Å². The molecular formula is C14H20O2. The number of esters is 1. The highest BCUT2D eigenvalue weighted by molar-refractivity contribution is 5.69. The number of carbonyl (C=O) groups excluding carboxylic acids is 1. The molecule has 0 atom stereocenters. The van der Waals surface area contributed by atoms with Gasteiger partial charge in [0, 0.05) is 6.42 Å². The van der Waals surface area contributed by atoms with E-state index in [1.54, 1.807) is 0 Å². The van der Waals surface area contributed by atoms with Gasteiger partial charge in [0.15, 0.2) is 0 Å². The van der Waals surface area contributed by atoms with E-state index in [0.717, 1.165) is 6.42 Å². The predicted octanol–water partition coefficient (Wildman–Crippen LogP) is 3.31. The van der Waals surface area contributed by atoms with E-state index in [1.807, 2.05) is 25.1 Å². The lowest BCUT2D eigenvalue weighted by molar-refractivity contribution is -0.143. The maximum Gasteiger partial charge on any atom is 0.305 e. The summed E-state index contributed by atoms with van der Waals surface area (Å²) < 4.78 is 4.93. The van der Waals surface area contributed by atoms with Crippen LogP contribution in [0.15, 0.2) is 30.3 Å². The zero-order chi connectivity index (χ0) is 12.0. The molecule has 88 valence electrons. The number of hydrogen-bond acceptors (Lipinski definition) is 2. The van der Waals surface area contributed by atoms with Gasteiger partial charge in [0.05, 0.1) is 6.61 Å². The van der Waals surface area contributed by atoms with E-state index in [4.69, 9.17) is 4.74 Å². The van der Waals surface area contributed by atoms with Gasteiger partial charge in [0.25, 0.3) is 0 Å². The van der Waals surface area contributed by atoms with Crippen LogP contribution in [0.4, 0.5) is 0 Å². The molecule has 0 bridgehead atoms. The molecule has 0 fully saturated rings. The molecule has 0 N–H and O–H groups in total. The van der Waals surface area contributed by atoms with Crippen molar-refractivity contribution in [3.63, 3.8) is 0 Å². The van der Waals surface area contributed by atoms with Gasteiger partial charge in [-0.2, -0.15) is 0 Å². The molecule has 2 nitrogen and oxygen atoms in total. The molecule has 0 amide bonds. The quantitative estimate of drug-likeness (QED) is 0.712. The Bertz CT molecular complexity index is 328. The predicted molar refractivity (Wildman–Crippen MR) is 65.3 cm³/mol. The molecule has 1 aromatic carbocycles. The van der Waals surface area contributed by atoms with Crippen LogP contribution in [0.5, 0.6) is 0 Å². The van der Waals surface area contributed by atoms with E-state index >= 15 is 0 Å². The minimum atomic E-state index is -0.105. The first kappa shape index (κ1) is 12.8. The van der Waals surface area contributed by atoms with E-state index in [0.29, 0.717) is 13.0 Å². The summed E-state index contributed by atoms with van der Waals surface area (Å²) in [6.45, 7) is 6.61. The minimum Gasteiger partial charge on any atom is -0.466 e. The molecule has 16 heavy (non-hydrogen) atoms. The minimum absolute atomic E-state index is 0.0218. The monoisotopic (exact) mass is 220 g/mol. The summed E-state index contributed by atoms with van der Waals surface area (Å²) in [4.78, 5) is 11.3. The van der Waals surface area contributed by atoms with Crippen LogP contribution in [-0.4, -0.2) is 12.6 Å². The number of hydrogen-bond donors (Lipinski definition) is 0. The van der Waals surface area contributed by atoms with Crippen LogP contribution in [0.1, 0.15) is 39.2 Å². The fourth-order valence-electron chi connectivity index (χ4n) is 1.68. The average Bonchev–Trinajstić information content (AvgIpc) is 2.28. The highest BCUT2D eigenvalue weighted by Crippen LogP contribution is 2.28. The smallest absolute Gasteiger partial charge is 0.305 e. The second-order valence-corrected chi connectivity index (χ2v) is 4.55. The van der Waals surface area contributed by atoms with Crippen molar-refractivity contribution < 1.29 is 9.53 Å². The Labute approximate surface area is 97.6 Å². The molecular weight excluding hydrogens is 200 g/mol. The first-order valence-corrected chi connectivity index (χ1v) is 5.77. The van der Waals surface area contributed by atoms with Crippen LogP contribution in [-0.2, 0) is 14.9 Å². The van der Waals surface area contributed by atoms with Gasteiger partial charge in [-0.3, -0.25) is 4.79 Å².